The molecule has 4 aromatic carbocycles. The minimum absolute atomic E-state index is 0.0961. The van der Waals surface area contributed by atoms with Crippen LogP contribution in [0.15, 0.2) is 104 Å². The maximum absolute atomic E-state index is 11.4. The highest BCUT2D eigenvalue weighted by Crippen LogP contribution is 2.64. The lowest BCUT2D eigenvalue weighted by atomic mass is 9.59. The summed E-state index contributed by atoms with van der Waals surface area (Å²) in [6.45, 7) is 28.4. The van der Waals surface area contributed by atoms with Gasteiger partial charge in [-0.2, -0.15) is 0 Å². The van der Waals surface area contributed by atoms with E-state index in [0.717, 1.165) is 12.0 Å². The molecule has 1 amide bonds. The fourth-order valence-corrected chi connectivity index (χ4v) is 7.90. The van der Waals surface area contributed by atoms with E-state index < -0.39 is 5.97 Å². The summed E-state index contributed by atoms with van der Waals surface area (Å²) < 4.78 is 0. The summed E-state index contributed by atoms with van der Waals surface area (Å²) in [4.78, 5) is 34.8. The van der Waals surface area contributed by atoms with Gasteiger partial charge < -0.3 is 15.7 Å². The molecular formula is C53H72N2O4. The van der Waals surface area contributed by atoms with E-state index in [2.05, 4.69) is 114 Å². The van der Waals surface area contributed by atoms with Crippen molar-refractivity contribution in [1.29, 1.82) is 0 Å². The van der Waals surface area contributed by atoms with Crippen LogP contribution in [0.5, 0.6) is 0 Å². The van der Waals surface area contributed by atoms with E-state index in [1.165, 1.54) is 38.9 Å². The van der Waals surface area contributed by atoms with Crippen molar-refractivity contribution in [3.63, 3.8) is 0 Å². The van der Waals surface area contributed by atoms with Gasteiger partial charge in [0, 0.05) is 55.6 Å². The number of hydrogen-bond acceptors (Lipinski definition) is 4. The third kappa shape index (κ3) is 12.6. The number of aliphatic carboxylic acids is 1. The van der Waals surface area contributed by atoms with E-state index in [-0.39, 0.29) is 34.5 Å². The standard InChI is InChI=1S/C13H16O2.C13H16O.C12H17N.C9H10.C6H13NO/c1-8-4-6-9(7-5-8)10-11(12(14)15)13(10,2)3;1-9-4-6-10(7-5-9)11-8-12(14)13(11,2)3;1-8-4-6-9(7-5-8)10-11(13)12(10,2)3;1-3-9-6-4-8(2)5-7-9;1-5(2)6(8)7(3)4/h4-7,10-11H,1-3H3,(H,14,15);4-7,11H,8H2,1-3H3;4-7,10-11H,13H2,1-3H3;3-7H,1H2,2H3;5H,1-4H3/t10-,11+;;10-,11-;;/m1.1../s1. The first-order valence-electron chi connectivity index (χ1n) is 21.0. The number of Topliss-reactive ketones (excluding diaryl/α,β-unsaturated/α-hetero) is 1. The van der Waals surface area contributed by atoms with Crippen molar-refractivity contribution in [3.8, 4) is 0 Å². The first kappa shape index (κ1) is 48.6. The highest BCUT2D eigenvalue weighted by atomic mass is 16.4. The van der Waals surface area contributed by atoms with Gasteiger partial charge in [0.05, 0.1) is 5.92 Å². The number of nitrogens with two attached hydrogens (primary N) is 1. The van der Waals surface area contributed by atoms with Gasteiger partial charge in [0.25, 0.3) is 0 Å². The Hall–Kier alpha value is -4.81. The molecule has 4 aromatic rings. The van der Waals surface area contributed by atoms with Crippen molar-refractivity contribution < 1.29 is 19.5 Å². The van der Waals surface area contributed by atoms with E-state index in [0.29, 0.717) is 29.1 Å². The predicted molar refractivity (Wildman–Crippen MR) is 247 cm³/mol. The molecule has 3 fully saturated rings. The molecule has 3 N–H and O–H groups in total. The smallest absolute Gasteiger partial charge is 0.307 e. The van der Waals surface area contributed by atoms with Gasteiger partial charge in [0.1, 0.15) is 5.78 Å². The minimum atomic E-state index is -0.675. The molecule has 1 unspecified atom stereocenters. The van der Waals surface area contributed by atoms with Gasteiger partial charge in [-0.15, -0.1) is 0 Å². The molecule has 59 heavy (non-hydrogen) atoms. The monoisotopic (exact) mass is 801 g/mol. The Morgan fingerprint density at radius 2 is 1.03 bits per heavy atom. The Balaban J connectivity index is 0.000000201. The molecular weight excluding hydrogens is 729 g/mol. The third-order valence-electron chi connectivity index (χ3n) is 12.6. The van der Waals surface area contributed by atoms with E-state index in [1.807, 2.05) is 78.8 Å². The zero-order valence-electron chi connectivity index (χ0n) is 38.4. The van der Waals surface area contributed by atoms with E-state index in [9.17, 15) is 14.4 Å². The largest absolute Gasteiger partial charge is 0.481 e. The Morgan fingerprint density at radius 3 is 1.29 bits per heavy atom. The SMILES string of the molecule is C=Cc1ccc(C)cc1.CC(C)C(=O)N(C)C.Cc1ccc(C2CC(=O)C2(C)C)cc1.Cc1ccc([C@@H]2[C@@H](C(=O)O)C2(C)C)cc1.Cc1ccc([C@@H]2[C@@H](N)C2(C)C)cc1. The van der Waals surface area contributed by atoms with E-state index >= 15 is 0 Å². The number of benzene rings is 4. The molecule has 0 heterocycles. The summed E-state index contributed by atoms with van der Waals surface area (Å²) >= 11 is 0. The van der Waals surface area contributed by atoms with Gasteiger partial charge in [-0.05, 0) is 60.8 Å². The van der Waals surface area contributed by atoms with Crippen LogP contribution in [0.3, 0.4) is 0 Å². The molecule has 3 aliphatic carbocycles. The molecule has 6 heteroatoms. The zero-order valence-corrected chi connectivity index (χ0v) is 38.4. The van der Waals surface area contributed by atoms with Crippen LogP contribution < -0.4 is 5.73 Å². The topological polar surface area (TPSA) is 101 Å². The van der Waals surface area contributed by atoms with Crippen molar-refractivity contribution in [3.05, 3.63) is 148 Å². The van der Waals surface area contributed by atoms with Gasteiger partial charge in [-0.25, -0.2) is 0 Å². The van der Waals surface area contributed by atoms with Crippen LogP contribution in [0.2, 0.25) is 0 Å². The van der Waals surface area contributed by atoms with Crippen molar-refractivity contribution >= 4 is 23.7 Å². The normalized spacial score (nSPS) is 22.1. The number of carbonyl (C=O) groups excluding carboxylic acids is 2. The van der Waals surface area contributed by atoms with E-state index in [1.54, 1.807) is 19.0 Å². The molecule has 6 nitrogen and oxygen atoms in total. The van der Waals surface area contributed by atoms with E-state index in [4.69, 9.17) is 10.8 Å². The molecule has 5 atom stereocenters. The lowest BCUT2D eigenvalue weighted by Crippen LogP contribution is -2.43. The Kier molecular flexibility index (Phi) is 16.4. The Labute approximate surface area is 356 Å². The molecule has 3 aliphatic rings. The maximum Gasteiger partial charge on any atom is 0.307 e. The average Bonchev–Trinajstić information content (AvgIpc) is 3.96. The van der Waals surface area contributed by atoms with Crippen LogP contribution in [0.4, 0.5) is 0 Å². The van der Waals surface area contributed by atoms with Gasteiger partial charge in [-0.1, -0.05) is 187 Å². The van der Waals surface area contributed by atoms with Crippen molar-refractivity contribution in [2.24, 2.45) is 33.8 Å². The summed E-state index contributed by atoms with van der Waals surface area (Å²) in [5.41, 5.74) is 16.2. The average molecular weight is 801 g/mol. The number of carboxylic acids is 1. The Morgan fingerprint density at radius 1 is 0.678 bits per heavy atom. The number of amides is 1. The van der Waals surface area contributed by atoms with Crippen molar-refractivity contribution in [2.45, 2.75) is 113 Å². The zero-order chi connectivity index (χ0) is 44.6. The summed E-state index contributed by atoms with van der Waals surface area (Å²) in [6, 6.07) is 34.1. The number of nitrogens with zero attached hydrogens (tertiary/aromatic N) is 1. The van der Waals surface area contributed by atoms with Crippen LogP contribution in [0, 0.1) is 55.8 Å². The fourth-order valence-electron chi connectivity index (χ4n) is 7.90. The molecule has 318 valence electrons. The number of carboxylic acid groups (broad SMARTS) is 1. The van der Waals surface area contributed by atoms with Crippen LogP contribution in [-0.4, -0.2) is 47.8 Å². The highest BCUT2D eigenvalue weighted by Gasteiger charge is 2.62. The number of aryl methyl sites for hydroxylation is 4. The molecule has 0 spiro atoms. The maximum atomic E-state index is 11.4. The number of ketones is 1. The molecule has 0 aromatic heterocycles. The highest BCUT2D eigenvalue weighted by molar-refractivity contribution is 5.92. The summed E-state index contributed by atoms with van der Waals surface area (Å²) in [5.74, 6) is 0.975. The minimum Gasteiger partial charge on any atom is -0.481 e. The van der Waals surface area contributed by atoms with Gasteiger partial charge >= 0.3 is 5.97 Å². The van der Waals surface area contributed by atoms with Gasteiger partial charge in [0.15, 0.2) is 0 Å². The predicted octanol–water partition coefficient (Wildman–Crippen LogP) is 11.7. The first-order chi connectivity index (χ1) is 27.4. The van der Waals surface area contributed by atoms with Crippen LogP contribution in [-0.2, 0) is 14.4 Å². The van der Waals surface area contributed by atoms with Crippen molar-refractivity contribution in [2.75, 3.05) is 14.1 Å². The van der Waals surface area contributed by atoms with Crippen LogP contribution in [0.25, 0.3) is 6.08 Å². The second kappa shape index (κ2) is 20.0. The molecule has 0 bridgehead atoms. The summed E-state index contributed by atoms with van der Waals surface area (Å²) in [6.07, 6.45) is 2.56. The second-order valence-corrected chi connectivity index (χ2v) is 19.1. The first-order valence-corrected chi connectivity index (χ1v) is 21.0. The second-order valence-electron chi connectivity index (χ2n) is 19.1. The number of hydrogen-bond donors (Lipinski definition) is 2. The molecule has 3 saturated carbocycles. The molecule has 0 aliphatic heterocycles. The Bertz CT molecular complexity index is 1990. The quantitative estimate of drug-likeness (QED) is 0.202. The third-order valence-corrected chi connectivity index (χ3v) is 12.6. The van der Waals surface area contributed by atoms with Gasteiger partial charge in [-0.3, -0.25) is 14.4 Å². The lowest BCUT2D eigenvalue weighted by molar-refractivity contribution is -0.139. The van der Waals surface area contributed by atoms with Crippen LogP contribution in [0.1, 0.15) is 124 Å². The summed E-state index contributed by atoms with van der Waals surface area (Å²) in [5, 5.41) is 9.08. The fraction of sp³-hybridized carbons (Fsp3) is 0.453. The number of carbonyl (C=O) groups is 3. The van der Waals surface area contributed by atoms with Crippen LogP contribution >= 0.6 is 0 Å². The molecule has 0 radical (unpaired) electrons. The lowest BCUT2D eigenvalue weighted by Gasteiger charge is -2.42. The van der Waals surface area contributed by atoms with Crippen molar-refractivity contribution in [1.82, 2.24) is 4.90 Å². The molecule has 7 rings (SSSR count). The summed E-state index contributed by atoms with van der Waals surface area (Å²) in [7, 11) is 3.53. The van der Waals surface area contributed by atoms with Gasteiger partial charge in [0.2, 0.25) is 5.91 Å². The number of rotatable bonds is 6. The molecule has 0 saturated heterocycles.